The lowest BCUT2D eigenvalue weighted by molar-refractivity contribution is 0.0992. The number of benzene rings is 1. The molecule has 3 aromatic rings. The topological polar surface area (TPSA) is 111 Å². The van der Waals surface area contributed by atoms with Crippen LogP contribution in [0.2, 0.25) is 0 Å². The van der Waals surface area contributed by atoms with E-state index in [-0.39, 0.29) is 20.9 Å². The summed E-state index contributed by atoms with van der Waals surface area (Å²) < 4.78 is 40.6. The molecule has 0 bridgehead atoms. The van der Waals surface area contributed by atoms with Gasteiger partial charge in [0.1, 0.15) is 5.69 Å². The van der Waals surface area contributed by atoms with E-state index in [0.717, 1.165) is 0 Å². The van der Waals surface area contributed by atoms with Crippen LogP contribution >= 0.6 is 0 Å². The Morgan fingerprint density at radius 2 is 2.04 bits per heavy atom. The highest BCUT2D eigenvalue weighted by Crippen LogP contribution is 2.28. The van der Waals surface area contributed by atoms with Gasteiger partial charge in [0, 0.05) is 12.7 Å². The number of amides is 1. The molecule has 3 N–H and O–H groups in total. The number of H-pyrrole nitrogens is 1. The first kappa shape index (κ1) is 15.2. The van der Waals surface area contributed by atoms with Gasteiger partial charge in [-0.05, 0) is 31.2 Å². The number of carbonyl (C=O) groups excluding carboxylic acids is 1. The summed E-state index contributed by atoms with van der Waals surface area (Å²) in [6, 6.07) is 5.19. The largest absolute Gasteiger partial charge is 0.364 e. The molecule has 1 aromatic carbocycles. The molecule has 0 aliphatic heterocycles. The molecule has 0 saturated carbocycles. The lowest BCUT2D eigenvalue weighted by atomic mass is 10.2. The highest BCUT2D eigenvalue weighted by molar-refractivity contribution is 7.91. The van der Waals surface area contributed by atoms with Crippen molar-refractivity contribution in [1.29, 1.82) is 0 Å². The highest BCUT2D eigenvalue weighted by atomic mass is 32.2. The van der Waals surface area contributed by atoms with E-state index in [0.29, 0.717) is 11.2 Å². The van der Waals surface area contributed by atoms with E-state index in [4.69, 9.17) is 5.73 Å². The maximum absolute atomic E-state index is 13.6. The molecule has 2 aromatic heterocycles. The predicted molar refractivity (Wildman–Crippen MR) is 80.2 cm³/mol. The minimum absolute atomic E-state index is 0.0444. The van der Waals surface area contributed by atoms with E-state index in [1.807, 2.05) is 0 Å². The molecule has 0 radical (unpaired) electrons. The molecule has 7 nitrogen and oxygen atoms in total. The van der Waals surface area contributed by atoms with Crippen LogP contribution in [0.4, 0.5) is 4.39 Å². The smallest absolute Gasteiger partial charge is 0.265 e. The number of rotatable bonds is 3. The number of hydrogen-bond acceptors (Lipinski definition) is 4. The predicted octanol–water partition coefficient (Wildman–Crippen LogP) is 1.28. The van der Waals surface area contributed by atoms with Crippen molar-refractivity contribution >= 4 is 26.6 Å². The van der Waals surface area contributed by atoms with Crippen LogP contribution in [0.25, 0.3) is 10.9 Å². The van der Waals surface area contributed by atoms with Gasteiger partial charge in [-0.15, -0.1) is 0 Å². The molecule has 23 heavy (non-hydrogen) atoms. The minimum atomic E-state index is -3.93. The molecular weight excluding hydrogens is 323 g/mol. The number of hydrogen-bond donors (Lipinski definition) is 2. The number of nitrogens with one attached hydrogen (secondary N) is 1. The second kappa shape index (κ2) is 4.92. The quantitative estimate of drug-likeness (QED) is 0.750. The normalized spacial score (nSPS) is 12.0. The molecule has 120 valence electrons. The van der Waals surface area contributed by atoms with Crippen molar-refractivity contribution in [2.24, 2.45) is 12.8 Å². The Labute approximate surface area is 130 Å². The lowest BCUT2D eigenvalue weighted by Crippen LogP contribution is -2.15. The molecule has 0 aliphatic rings. The molecular formula is C14H13FN4O3S. The van der Waals surface area contributed by atoms with Crippen molar-refractivity contribution in [3.63, 3.8) is 0 Å². The van der Waals surface area contributed by atoms with E-state index < -0.39 is 21.7 Å². The van der Waals surface area contributed by atoms with Crippen LogP contribution in [0.5, 0.6) is 0 Å². The third kappa shape index (κ3) is 2.20. The molecule has 0 atom stereocenters. The summed E-state index contributed by atoms with van der Waals surface area (Å²) in [5.41, 5.74) is 6.01. The van der Waals surface area contributed by atoms with E-state index in [1.165, 1.54) is 28.8 Å². The van der Waals surface area contributed by atoms with E-state index in [1.54, 1.807) is 14.0 Å². The third-order valence-corrected chi connectivity index (χ3v) is 5.69. The molecule has 9 heteroatoms. The van der Waals surface area contributed by atoms with Crippen molar-refractivity contribution in [2.75, 3.05) is 0 Å². The van der Waals surface area contributed by atoms with Crippen LogP contribution < -0.4 is 5.73 Å². The summed E-state index contributed by atoms with van der Waals surface area (Å²) in [6.45, 7) is 1.57. The number of carbonyl (C=O) groups is 1. The van der Waals surface area contributed by atoms with Gasteiger partial charge in [-0.25, -0.2) is 8.42 Å². The van der Waals surface area contributed by atoms with Crippen LogP contribution in [0.3, 0.4) is 0 Å². The SMILES string of the molecule is Cc1c(S(=O)(=O)c2ccc3n[nH]c(F)c3c2)cc(C(N)=O)n1C. The minimum Gasteiger partial charge on any atom is -0.364 e. The van der Waals surface area contributed by atoms with Crippen molar-refractivity contribution < 1.29 is 17.6 Å². The van der Waals surface area contributed by atoms with E-state index in [9.17, 15) is 17.6 Å². The van der Waals surface area contributed by atoms with Gasteiger partial charge in [0.25, 0.3) is 5.91 Å². The number of nitrogens with two attached hydrogens (primary N) is 1. The zero-order valence-electron chi connectivity index (χ0n) is 12.3. The number of halogens is 1. The van der Waals surface area contributed by atoms with Crippen molar-refractivity contribution in [2.45, 2.75) is 16.7 Å². The molecule has 3 rings (SSSR count). The Kier molecular flexibility index (Phi) is 3.25. The molecule has 1 amide bonds. The van der Waals surface area contributed by atoms with Crippen molar-refractivity contribution in [1.82, 2.24) is 14.8 Å². The van der Waals surface area contributed by atoms with Gasteiger partial charge in [0.15, 0.2) is 0 Å². The van der Waals surface area contributed by atoms with Crippen LogP contribution in [0, 0.1) is 12.9 Å². The lowest BCUT2D eigenvalue weighted by Gasteiger charge is -2.05. The van der Waals surface area contributed by atoms with Crippen LogP contribution in [0.1, 0.15) is 16.2 Å². The van der Waals surface area contributed by atoms with Gasteiger partial charge >= 0.3 is 0 Å². The zero-order valence-corrected chi connectivity index (χ0v) is 13.1. The van der Waals surface area contributed by atoms with Crippen molar-refractivity contribution in [3.05, 3.63) is 41.6 Å². The van der Waals surface area contributed by atoms with Gasteiger partial charge < -0.3 is 10.3 Å². The number of sulfone groups is 1. The molecule has 0 fully saturated rings. The molecule has 0 unspecified atom stereocenters. The fraction of sp³-hybridized carbons (Fsp3) is 0.143. The molecule has 0 aliphatic carbocycles. The fourth-order valence-corrected chi connectivity index (χ4v) is 4.00. The van der Waals surface area contributed by atoms with Gasteiger partial charge in [-0.1, -0.05) is 0 Å². The average Bonchev–Trinajstić information content (AvgIpc) is 3.01. The highest BCUT2D eigenvalue weighted by Gasteiger charge is 2.26. The summed E-state index contributed by atoms with van der Waals surface area (Å²) in [7, 11) is -2.38. The second-order valence-electron chi connectivity index (χ2n) is 5.12. The average molecular weight is 336 g/mol. The maximum Gasteiger partial charge on any atom is 0.265 e. The summed E-state index contributed by atoms with van der Waals surface area (Å²) in [5.74, 6) is -1.44. The summed E-state index contributed by atoms with van der Waals surface area (Å²) in [5, 5.41) is 5.95. The van der Waals surface area contributed by atoms with Gasteiger partial charge in [0.2, 0.25) is 15.8 Å². The Balaban J connectivity index is 2.23. The van der Waals surface area contributed by atoms with Crippen LogP contribution in [0.15, 0.2) is 34.1 Å². The maximum atomic E-state index is 13.6. The Morgan fingerprint density at radius 1 is 1.35 bits per heavy atom. The van der Waals surface area contributed by atoms with Gasteiger partial charge in [0.05, 0.1) is 20.7 Å². The Morgan fingerprint density at radius 3 is 2.65 bits per heavy atom. The summed E-state index contributed by atoms with van der Waals surface area (Å²) in [6.07, 6.45) is 0. The van der Waals surface area contributed by atoms with Crippen molar-refractivity contribution in [3.8, 4) is 0 Å². The van der Waals surface area contributed by atoms with Crippen LogP contribution in [-0.2, 0) is 16.9 Å². The number of aromatic nitrogens is 3. The number of fused-ring (bicyclic) bond motifs is 1. The molecule has 0 saturated heterocycles. The molecule has 2 heterocycles. The number of aromatic amines is 1. The summed E-state index contributed by atoms with van der Waals surface area (Å²) >= 11 is 0. The standard InChI is InChI=1S/C14H13FN4O3S/c1-7-12(6-11(14(16)20)19(7)2)23(21,22)8-3-4-10-9(5-8)13(15)18-17-10/h3-6H,1-2H3,(H2,16,20)(H,17,18). The van der Waals surface area contributed by atoms with E-state index >= 15 is 0 Å². The number of primary amides is 1. The fourth-order valence-electron chi connectivity index (χ4n) is 2.43. The first-order valence-electron chi connectivity index (χ1n) is 6.58. The first-order valence-corrected chi connectivity index (χ1v) is 8.06. The second-order valence-corrected chi connectivity index (χ2v) is 7.04. The zero-order chi connectivity index (χ0) is 16.9. The third-order valence-electron chi connectivity index (χ3n) is 3.82. The van der Waals surface area contributed by atoms with Crippen LogP contribution in [-0.4, -0.2) is 29.1 Å². The first-order chi connectivity index (χ1) is 10.7. The Bertz CT molecular complexity index is 1050. The Hall–Kier alpha value is -2.68. The van der Waals surface area contributed by atoms with E-state index in [2.05, 4.69) is 10.2 Å². The van der Waals surface area contributed by atoms with Gasteiger partial charge in [-0.2, -0.15) is 9.49 Å². The monoisotopic (exact) mass is 336 g/mol. The van der Waals surface area contributed by atoms with Gasteiger partial charge in [-0.3, -0.25) is 9.89 Å². The number of nitrogens with zero attached hydrogens (tertiary/aromatic N) is 2. The summed E-state index contributed by atoms with van der Waals surface area (Å²) in [4.78, 5) is 11.2. The molecule has 0 spiro atoms.